The van der Waals surface area contributed by atoms with Crippen LogP contribution in [0.2, 0.25) is 5.02 Å². The van der Waals surface area contributed by atoms with Gasteiger partial charge >= 0.3 is 0 Å². The molecule has 3 aromatic carbocycles. The average Bonchev–Trinajstić information content (AvgIpc) is 3.08. The minimum absolute atomic E-state index is 0.349. The highest BCUT2D eigenvalue weighted by atomic mass is 35.5. The zero-order valence-electron chi connectivity index (χ0n) is 15.6. The molecule has 0 saturated carbocycles. The van der Waals surface area contributed by atoms with E-state index in [1.165, 1.54) is 22.3 Å². The van der Waals surface area contributed by atoms with Crippen LogP contribution in [0.3, 0.4) is 0 Å². The average molecular weight is 388 g/mol. The van der Waals surface area contributed by atoms with Crippen LogP contribution in [-0.2, 0) is 0 Å². The molecule has 2 aliphatic rings. The van der Waals surface area contributed by atoms with Crippen molar-refractivity contribution in [3.8, 4) is 11.1 Å². The Labute approximate surface area is 170 Å². The van der Waals surface area contributed by atoms with Crippen LogP contribution in [0.25, 0.3) is 11.1 Å². The summed E-state index contributed by atoms with van der Waals surface area (Å²) in [5.41, 5.74) is 6.57. The molecular formula is C24H22ClN3. The first-order chi connectivity index (χ1) is 13.8. The summed E-state index contributed by atoms with van der Waals surface area (Å²) in [4.78, 5) is 2.59. The number of benzene rings is 3. The van der Waals surface area contributed by atoms with Crippen LogP contribution in [0.4, 0.5) is 0 Å². The summed E-state index contributed by atoms with van der Waals surface area (Å²) in [5.74, 6) is 0. The van der Waals surface area contributed by atoms with Crippen LogP contribution in [0, 0.1) is 0 Å². The molecule has 1 aliphatic heterocycles. The second-order valence-corrected chi connectivity index (χ2v) is 7.74. The molecule has 28 heavy (non-hydrogen) atoms. The van der Waals surface area contributed by atoms with Crippen LogP contribution in [0.1, 0.15) is 22.7 Å². The molecule has 1 heterocycles. The van der Waals surface area contributed by atoms with Gasteiger partial charge in [0.2, 0.25) is 0 Å². The highest BCUT2D eigenvalue weighted by Crippen LogP contribution is 2.46. The van der Waals surface area contributed by atoms with E-state index in [4.69, 9.17) is 11.6 Å². The topological polar surface area (TPSA) is 18.8 Å². The summed E-state index contributed by atoms with van der Waals surface area (Å²) >= 11 is 6.23. The number of hydrogen-bond acceptors (Lipinski definition) is 3. The summed E-state index contributed by atoms with van der Waals surface area (Å²) in [7, 11) is 0. The lowest BCUT2D eigenvalue weighted by Crippen LogP contribution is -2.45. The molecule has 0 atom stereocenters. The Bertz CT molecular complexity index is 976. The van der Waals surface area contributed by atoms with Gasteiger partial charge in [0.15, 0.2) is 0 Å². The van der Waals surface area contributed by atoms with Crippen molar-refractivity contribution >= 4 is 17.8 Å². The maximum absolute atomic E-state index is 6.23. The molecule has 4 heteroatoms. The molecule has 0 aromatic heterocycles. The molecule has 0 N–H and O–H groups in total. The van der Waals surface area contributed by atoms with Crippen molar-refractivity contribution in [2.45, 2.75) is 6.04 Å². The van der Waals surface area contributed by atoms with E-state index in [1.54, 1.807) is 0 Å². The van der Waals surface area contributed by atoms with E-state index < -0.39 is 0 Å². The predicted molar refractivity (Wildman–Crippen MR) is 116 cm³/mol. The standard InChI is InChI=1S/C24H22ClN3/c25-23-12-6-1-7-18(23)17-26-28-15-13-27(14-16-28)24-21-10-4-2-8-19(21)20-9-3-5-11-22(20)24/h1-12,17,24H,13-16H2. The first-order valence-corrected chi connectivity index (χ1v) is 10.1. The Kier molecular flexibility index (Phi) is 4.63. The number of nitrogens with zero attached hydrogens (tertiary/aromatic N) is 3. The number of piperazine rings is 1. The molecule has 1 saturated heterocycles. The maximum atomic E-state index is 6.23. The van der Waals surface area contributed by atoms with Crippen LogP contribution in [0.15, 0.2) is 77.9 Å². The van der Waals surface area contributed by atoms with Crippen molar-refractivity contribution < 1.29 is 0 Å². The van der Waals surface area contributed by atoms with E-state index in [0.717, 1.165) is 36.8 Å². The zero-order chi connectivity index (χ0) is 18.9. The minimum Gasteiger partial charge on any atom is -0.294 e. The van der Waals surface area contributed by atoms with Gasteiger partial charge in [-0.1, -0.05) is 78.3 Å². The highest BCUT2D eigenvalue weighted by molar-refractivity contribution is 6.33. The van der Waals surface area contributed by atoms with E-state index >= 15 is 0 Å². The largest absolute Gasteiger partial charge is 0.294 e. The van der Waals surface area contributed by atoms with E-state index in [9.17, 15) is 0 Å². The van der Waals surface area contributed by atoms with E-state index in [0.29, 0.717) is 6.04 Å². The fraction of sp³-hybridized carbons (Fsp3) is 0.208. The maximum Gasteiger partial charge on any atom is 0.0615 e. The van der Waals surface area contributed by atoms with Crippen LogP contribution < -0.4 is 0 Å². The molecule has 140 valence electrons. The zero-order valence-corrected chi connectivity index (χ0v) is 16.4. The highest BCUT2D eigenvalue weighted by Gasteiger charge is 2.33. The molecule has 5 rings (SSSR count). The SMILES string of the molecule is Clc1ccccc1C=NN1CCN(C2c3ccccc3-c3ccccc32)CC1. The van der Waals surface area contributed by atoms with Gasteiger partial charge in [-0.15, -0.1) is 0 Å². The number of hydrazone groups is 1. The molecule has 0 unspecified atom stereocenters. The molecule has 0 bridgehead atoms. The first kappa shape index (κ1) is 17.5. The first-order valence-electron chi connectivity index (χ1n) is 9.77. The van der Waals surface area contributed by atoms with Crippen molar-refractivity contribution in [3.05, 3.63) is 94.5 Å². The quantitative estimate of drug-likeness (QED) is 0.585. The minimum atomic E-state index is 0.349. The van der Waals surface area contributed by atoms with Gasteiger partial charge in [-0.2, -0.15) is 5.10 Å². The van der Waals surface area contributed by atoms with E-state index in [-0.39, 0.29) is 0 Å². The third-order valence-corrected chi connectivity index (χ3v) is 6.07. The van der Waals surface area contributed by atoms with Gasteiger partial charge in [0.1, 0.15) is 0 Å². The van der Waals surface area contributed by atoms with Crippen molar-refractivity contribution in [1.29, 1.82) is 0 Å². The third kappa shape index (κ3) is 3.11. The summed E-state index contributed by atoms with van der Waals surface area (Å²) in [6, 6.07) is 25.8. The molecule has 0 radical (unpaired) electrons. The van der Waals surface area contributed by atoms with Crippen molar-refractivity contribution in [1.82, 2.24) is 9.91 Å². The van der Waals surface area contributed by atoms with Crippen molar-refractivity contribution in [3.63, 3.8) is 0 Å². The fourth-order valence-electron chi connectivity index (χ4n) is 4.33. The number of halogens is 1. The third-order valence-electron chi connectivity index (χ3n) is 5.72. The Morgan fingerprint density at radius 2 is 1.32 bits per heavy atom. The predicted octanol–water partition coefficient (Wildman–Crippen LogP) is 5.06. The Morgan fingerprint density at radius 3 is 1.96 bits per heavy atom. The molecule has 1 aliphatic carbocycles. The van der Waals surface area contributed by atoms with Gasteiger partial charge in [-0.25, -0.2) is 0 Å². The normalized spacial score (nSPS) is 17.1. The summed E-state index contributed by atoms with van der Waals surface area (Å²) in [6.07, 6.45) is 1.87. The van der Waals surface area contributed by atoms with Gasteiger partial charge in [0.05, 0.1) is 12.3 Å². The lowest BCUT2D eigenvalue weighted by Gasteiger charge is -2.37. The van der Waals surface area contributed by atoms with Gasteiger partial charge in [0.25, 0.3) is 0 Å². The Morgan fingerprint density at radius 1 is 0.750 bits per heavy atom. The lowest BCUT2D eigenvalue weighted by atomic mass is 10.0. The lowest BCUT2D eigenvalue weighted by molar-refractivity contribution is 0.114. The monoisotopic (exact) mass is 387 g/mol. The van der Waals surface area contributed by atoms with Crippen molar-refractivity contribution in [2.75, 3.05) is 26.2 Å². The molecule has 3 aromatic rings. The fourth-order valence-corrected chi connectivity index (χ4v) is 4.52. The second-order valence-electron chi connectivity index (χ2n) is 7.33. The van der Waals surface area contributed by atoms with Crippen LogP contribution in [-0.4, -0.2) is 42.3 Å². The van der Waals surface area contributed by atoms with E-state index in [2.05, 4.69) is 63.5 Å². The van der Waals surface area contributed by atoms with Gasteiger partial charge in [0, 0.05) is 36.8 Å². The van der Waals surface area contributed by atoms with Crippen LogP contribution >= 0.6 is 11.6 Å². The smallest absolute Gasteiger partial charge is 0.0615 e. The molecule has 1 fully saturated rings. The van der Waals surface area contributed by atoms with Gasteiger partial charge < -0.3 is 0 Å². The van der Waals surface area contributed by atoms with Gasteiger partial charge in [-0.05, 0) is 28.3 Å². The summed E-state index contributed by atoms with van der Waals surface area (Å²) in [6.45, 7) is 3.82. The molecule has 0 amide bonds. The Balaban J connectivity index is 1.33. The number of fused-ring (bicyclic) bond motifs is 3. The molecular weight excluding hydrogens is 366 g/mol. The number of hydrogen-bond donors (Lipinski definition) is 0. The van der Waals surface area contributed by atoms with Crippen molar-refractivity contribution in [2.24, 2.45) is 5.10 Å². The van der Waals surface area contributed by atoms with E-state index in [1.807, 2.05) is 30.5 Å². The van der Waals surface area contributed by atoms with Crippen LogP contribution in [0.5, 0.6) is 0 Å². The second kappa shape index (κ2) is 7.42. The molecule has 3 nitrogen and oxygen atoms in total. The van der Waals surface area contributed by atoms with Gasteiger partial charge in [-0.3, -0.25) is 9.91 Å². The summed E-state index contributed by atoms with van der Waals surface area (Å²) < 4.78 is 0. The number of rotatable bonds is 3. The summed E-state index contributed by atoms with van der Waals surface area (Å²) in [5, 5.41) is 7.55. The Hall–Kier alpha value is -2.62. The molecule has 0 spiro atoms.